The van der Waals surface area contributed by atoms with Gasteiger partial charge in [-0.15, -0.1) is 0 Å². The number of hydrogen-bond donors (Lipinski definition) is 1. The van der Waals surface area contributed by atoms with E-state index in [1.807, 2.05) is 13.8 Å². The van der Waals surface area contributed by atoms with Crippen LogP contribution in [-0.2, 0) is 26.2 Å². The number of halogens is 1. The summed E-state index contributed by atoms with van der Waals surface area (Å²) in [6.07, 6.45) is 1.01. The van der Waals surface area contributed by atoms with Crippen molar-refractivity contribution in [1.29, 1.82) is 0 Å². The third kappa shape index (κ3) is 7.59. The van der Waals surface area contributed by atoms with Gasteiger partial charge in [0.1, 0.15) is 24.2 Å². The van der Waals surface area contributed by atoms with Crippen molar-refractivity contribution >= 4 is 27.5 Å². The highest BCUT2D eigenvalue weighted by atomic mass is 32.2. The molecule has 3 rings (SSSR count). The molecule has 0 aliphatic heterocycles. The molecule has 0 saturated heterocycles. The number of anilines is 1. The first-order chi connectivity index (χ1) is 19.1. The van der Waals surface area contributed by atoms with Crippen LogP contribution in [0.5, 0.6) is 5.75 Å². The lowest BCUT2D eigenvalue weighted by Crippen LogP contribution is -2.53. The Morgan fingerprint density at radius 1 is 0.950 bits per heavy atom. The molecule has 0 fully saturated rings. The Morgan fingerprint density at radius 2 is 1.62 bits per heavy atom. The van der Waals surface area contributed by atoms with Crippen LogP contribution in [0.2, 0.25) is 0 Å². The zero-order valence-corrected chi connectivity index (χ0v) is 24.0. The number of rotatable bonds is 13. The molecule has 40 heavy (non-hydrogen) atoms. The molecule has 1 N–H and O–H groups in total. The Morgan fingerprint density at radius 3 is 2.23 bits per heavy atom. The van der Waals surface area contributed by atoms with Crippen molar-refractivity contribution in [3.05, 3.63) is 90.2 Å². The van der Waals surface area contributed by atoms with Crippen LogP contribution in [0.25, 0.3) is 0 Å². The van der Waals surface area contributed by atoms with Gasteiger partial charge in [0.25, 0.3) is 10.0 Å². The van der Waals surface area contributed by atoms with E-state index in [4.69, 9.17) is 4.74 Å². The molecule has 0 aromatic heterocycles. The molecule has 2 amide bonds. The number of carbonyl (C=O) groups excluding carboxylic acids is 2. The summed E-state index contributed by atoms with van der Waals surface area (Å²) >= 11 is 0. The predicted octanol–water partition coefficient (Wildman–Crippen LogP) is 4.75. The molecule has 0 bridgehead atoms. The molecule has 0 saturated carbocycles. The maximum Gasteiger partial charge on any atom is 0.264 e. The van der Waals surface area contributed by atoms with Crippen LogP contribution in [0, 0.1) is 5.82 Å². The van der Waals surface area contributed by atoms with Crippen LogP contribution in [0.3, 0.4) is 0 Å². The maximum atomic E-state index is 14.0. The summed E-state index contributed by atoms with van der Waals surface area (Å²) in [5.74, 6) is -0.869. The summed E-state index contributed by atoms with van der Waals surface area (Å²) in [6.45, 7) is 5.07. The number of ether oxygens (including phenoxy) is 1. The fraction of sp³-hybridized carbons (Fsp3) is 0.333. The molecule has 3 aromatic rings. The van der Waals surface area contributed by atoms with Gasteiger partial charge in [-0.2, -0.15) is 0 Å². The third-order valence-electron chi connectivity index (χ3n) is 6.60. The number of methoxy groups -OCH3 is 1. The minimum absolute atomic E-state index is 0.0203. The van der Waals surface area contributed by atoms with Gasteiger partial charge < -0.3 is 15.0 Å². The van der Waals surface area contributed by atoms with Crippen molar-refractivity contribution in [2.75, 3.05) is 18.0 Å². The van der Waals surface area contributed by atoms with E-state index in [1.54, 1.807) is 49.4 Å². The smallest absolute Gasteiger partial charge is 0.264 e. The zero-order valence-electron chi connectivity index (χ0n) is 23.2. The lowest BCUT2D eigenvalue weighted by Gasteiger charge is -2.33. The van der Waals surface area contributed by atoms with Crippen LogP contribution >= 0.6 is 0 Å². The molecule has 10 heteroatoms. The molecule has 0 aliphatic carbocycles. The summed E-state index contributed by atoms with van der Waals surface area (Å²) in [4.78, 5) is 28.7. The first-order valence-corrected chi connectivity index (χ1v) is 14.6. The highest BCUT2D eigenvalue weighted by Crippen LogP contribution is 2.25. The highest BCUT2D eigenvalue weighted by molar-refractivity contribution is 7.92. The lowest BCUT2D eigenvalue weighted by molar-refractivity contribution is -0.140. The molecule has 0 aliphatic rings. The van der Waals surface area contributed by atoms with E-state index >= 15 is 0 Å². The molecular formula is C30H36FN3O5S. The Kier molecular flexibility index (Phi) is 10.7. The molecular weight excluding hydrogens is 533 g/mol. The zero-order chi connectivity index (χ0) is 29.3. The van der Waals surface area contributed by atoms with Gasteiger partial charge >= 0.3 is 0 Å². The van der Waals surface area contributed by atoms with E-state index < -0.39 is 34.3 Å². The van der Waals surface area contributed by atoms with Crippen molar-refractivity contribution in [2.24, 2.45) is 0 Å². The summed E-state index contributed by atoms with van der Waals surface area (Å²) < 4.78 is 47.5. The number of benzene rings is 3. The van der Waals surface area contributed by atoms with E-state index in [9.17, 15) is 22.4 Å². The van der Waals surface area contributed by atoms with E-state index in [-0.39, 0.29) is 29.1 Å². The van der Waals surface area contributed by atoms with E-state index in [1.165, 1.54) is 36.3 Å². The molecule has 214 valence electrons. The third-order valence-corrected chi connectivity index (χ3v) is 8.39. The van der Waals surface area contributed by atoms with Crippen LogP contribution in [0.4, 0.5) is 10.1 Å². The van der Waals surface area contributed by atoms with E-state index in [2.05, 4.69) is 5.32 Å². The monoisotopic (exact) mass is 569 g/mol. The first kappa shape index (κ1) is 30.6. The van der Waals surface area contributed by atoms with Gasteiger partial charge in [0.15, 0.2) is 0 Å². The maximum absolute atomic E-state index is 14.0. The average Bonchev–Trinajstić information content (AvgIpc) is 2.96. The number of nitrogens with zero attached hydrogens (tertiary/aromatic N) is 2. The second-order valence-electron chi connectivity index (χ2n) is 9.42. The van der Waals surface area contributed by atoms with Crippen molar-refractivity contribution in [3.63, 3.8) is 0 Å². The van der Waals surface area contributed by atoms with Crippen LogP contribution < -0.4 is 14.4 Å². The summed E-state index contributed by atoms with van der Waals surface area (Å²) in [7, 11) is -2.68. The molecule has 3 aromatic carbocycles. The normalized spacial score (nSPS) is 12.7. The molecule has 2 atom stereocenters. The van der Waals surface area contributed by atoms with Gasteiger partial charge in [-0.25, -0.2) is 12.8 Å². The topological polar surface area (TPSA) is 96.0 Å². The number of carbonyl (C=O) groups is 2. The van der Waals surface area contributed by atoms with Crippen molar-refractivity contribution in [2.45, 2.75) is 57.1 Å². The molecule has 0 heterocycles. The number of sulfonamides is 1. The minimum Gasteiger partial charge on any atom is -0.497 e. The van der Waals surface area contributed by atoms with Crippen LogP contribution in [-0.4, -0.2) is 50.9 Å². The SMILES string of the molecule is CC[C@@H](C)NC(=O)[C@@H](CC)N(Cc1cccc(OC)c1)C(=O)CN(c1ccc(F)cc1)S(=O)(=O)c1ccccc1. The Bertz CT molecular complexity index is 1380. The van der Waals surface area contributed by atoms with Crippen LogP contribution in [0.1, 0.15) is 39.2 Å². The Labute approximate surface area is 235 Å². The highest BCUT2D eigenvalue weighted by Gasteiger charge is 2.34. The van der Waals surface area contributed by atoms with Gasteiger partial charge in [-0.05, 0) is 73.9 Å². The Balaban J connectivity index is 2.05. The summed E-state index contributed by atoms with van der Waals surface area (Å²) in [5.41, 5.74) is 0.832. The van der Waals surface area contributed by atoms with Crippen molar-refractivity contribution in [1.82, 2.24) is 10.2 Å². The van der Waals surface area contributed by atoms with Gasteiger partial charge in [0, 0.05) is 12.6 Å². The standard InChI is InChI=1S/C30H36FN3O5S/c1-5-22(3)32-30(36)28(6-2)33(20-23-11-10-12-26(19-23)39-4)29(35)21-34(25-17-15-24(31)16-18-25)40(37,38)27-13-8-7-9-14-27/h7-19,22,28H,5-6,20-21H2,1-4H3,(H,32,36)/t22-,28-/m1/s1. The Hall–Kier alpha value is -3.92. The average molecular weight is 570 g/mol. The van der Waals surface area contributed by atoms with E-state index in [0.29, 0.717) is 24.2 Å². The number of nitrogens with one attached hydrogen (secondary N) is 1. The molecule has 0 spiro atoms. The number of amides is 2. The second-order valence-corrected chi connectivity index (χ2v) is 11.3. The first-order valence-electron chi connectivity index (χ1n) is 13.2. The minimum atomic E-state index is -4.21. The predicted molar refractivity (Wildman–Crippen MR) is 153 cm³/mol. The quantitative estimate of drug-likeness (QED) is 0.321. The van der Waals surface area contributed by atoms with Gasteiger partial charge in [-0.3, -0.25) is 13.9 Å². The summed E-state index contributed by atoms with van der Waals surface area (Å²) in [6, 6.07) is 18.7. The molecule has 0 radical (unpaired) electrons. The molecule has 0 unspecified atom stereocenters. The van der Waals surface area contributed by atoms with Gasteiger partial charge in [0.2, 0.25) is 11.8 Å². The van der Waals surface area contributed by atoms with Crippen LogP contribution in [0.15, 0.2) is 83.8 Å². The largest absolute Gasteiger partial charge is 0.497 e. The fourth-order valence-corrected chi connectivity index (χ4v) is 5.62. The van der Waals surface area contributed by atoms with Gasteiger partial charge in [-0.1, -0.05) is 44.2 Å². The second kappa shape index (κ2) is 13.9. The number of hydrogen-bond acceptors (Lipinski definition) is 5. The fourth-order valence-electron chi connectivity index (χ4n) is 4.18. The van der Waals surface area contributed by atoms with E-state index in [0.717, 1.165) is 16.4 Å². The van der Waals surface area contributed by atoms with Crippen molar-refractivity contribution < 1.29 is 27.1 Å². The lowest BCUT2D eigenvalue weighted by atomic mass is 10.1. The summed E-state index contributed by atoms with van der Waals surface area (Å²) in [5, 5.41) is 2.94. The molecule has 8 nitrogen and oxygen atoms in total. The van der Waals surface area contributed by atoms with Gasteiger partial charge in [0.05, 0.1) is 17.7 Å². The van der Waals surface area contributed by atoms with Crippen molar-refractivity contribution in [3.8, 4) is 5.75 Å².